The van der Waals surface area contributed by atoms with Gasteiger partial charge in [-0.3, -0.25) is 10.2 Å². The highest BCUT2D eigenvalue weighted by Crippen LogP contribution is 1.83. The normalized spacial score (nSPS) is 8.25. The standard InChI is InChI=1S/C5H9NO2/c1-3-5(7)8-4(2)6/h6H,3H2,1-2H3. The van der Waals surface area contributed by atoms with Gasteiger partial charge in [0.2, 0.25) is 0 Å². The fraction of sp³-hybridized carbons (Fsp3) is 0.600. The van der Waals surface area contributed by atoms with Crippen molar-refractivity contribution in [1.29, 1.82) is 5.41 Å². The number of carbonyl (C=O) groups is 1. The number of ether oxygens (including phenoxy) is 1. The maximum atomic E-state index is 10.3. The van der Waals surface area contributed by atoms with Crippen LogP contribution in [0.3, 0.4) is 0 Å². The van der Waals surface area contributed by atoms with E-state index in [1.54, 1.807) is 6.92 Å². The summed E-state index contributed by atoms with van der Waals surface area (Å²) in [6.45, 7) is 3.11. The Morgan fingerprint density at radius 1 is 1.75 bits per heavy atom. The molecule has 0 aliphatic carbocycles. The highest BCUT2D eigenvalue weighted by atomic mass is 16.5. The first-order chi connectivity index (χ1) is 3.66. The zero-order valence-electron chi connectivity index (χ0n) is 5.02. The Labute approximate surface area is 48.2 Å². The molecule has 0 amide bonds. The third-order valence-electron chi connectivity index (χ3n) is 0.556. The van der Waals surface area contributed by atoms with Gasteiger partial charge in [0.15, 0.2) is 5.90 Å². The first kappa shape index (κ1) is 7.14. The van der Waals surface area contributed by atoms with Crippen molar-refractivity contribution in [1.82, 2.24) is 0 Å². The van der Waals surface area contributed by atoms with E-state index in [-0.39, 0.29) is 11.9 Å². The molecule has 0 fully saturated rings. The van der Waals surface area contributed by atoms with Crippen molar-refractivity contribution in [3.8, 4) is 0 Å². The lowest BCUT2D eigenvalue weighted by Crippen LogP contribution is -2.05. The Hall–Kier alpha value is -0.860. The Balaban J connectivity index is 3.40. The minimum atomic E-state index is -0.350. The van der Waals surface area contributed by atoms with E-state index in [9.17, 15) is 4.79 Å². The first-order valence-corrected chi connectivity index (χ1v) is 2.42. The van der Waals surface area contributed by atoms with E-state index in [0.717, 1.165) is 0 Å². The van der Waals surface area contributed by atoms with E-state index < -0.39 is 0 Å². The number of esters is 1. The van der Waals surface area contributed by atoms with Crippen LogP contribution in [0.1, 0.15) is 20.3 Å². The summed E-state index contributed by atoms with van der Waals surface area (Å²) >= 11 is 0. The maximum absolute atomic E-state index is 10.3. The minimum absolute atomic E-state index is 0.0446. The Kier molecular flexibility index (Phi) is 2.84. The quantitative estimate of drug-likeness (QED) is 0.314. The van der Waals surface area contributed by atoms with Crippen molar-refractivity contribution in [2.24, 2.45) is 0 Å². The van der Waals surface area contributed by atoms with Gasteiger partial charge in [-0.05, 0) is 0 Å². The average molecular weight is 115 g/mol. The predicted molar refractivity (Wildman–Crippen MR) is 29.8 cm³/mol. The van der Waals surface area contributed by atoms with Gasteiger partial charge >= 0.3 is 5.97 Å². The molecule has 0 saturated carbocycles. The predicted octanol–water partition coefficient (Wildman–Crippen LogP) is 0.937. The molecular formula is C5H9NO2. The van der Waals surface area contributed by atoms with Crippen LogP contribution in [0.5, 0.6) is 0 Å². The summed E-state index contributed by atoms with van der Waals surface area (Å²) in [6.07, 6.45) is 0.330. The third-order valence-corrected chi connectivity index (χ3v) is 0.556. The summed E-state index contributed by atoms with van der Waals surface area (Å²) in [5, 5.41) is 6.68. The monoisotopic (exact) mass is 115 g/mol. The van der Waals surface area contributed by atoms with E-state index in [2.05, 4.69) is 4.74 Å². The van der Waals surface area contributed by atoms with Crippen molar-refractivity contribution in [3.05, 3.63) is 0 Å². The Bertz CT molecular complexity index is 109. The molecule has 0 atom stereocenters. The third kappa shape index (κ3) is 3.33. The molecule has 0 aliphatic heterocycles. The second kappa shape index (κ2) is 3.18. The molecule has 0 bridgehead atoms. The van der Waals surface area contributed by atoms with Crippen LogP contribution in [0.25, 0.3) is 0 Å². The first-order valence-electron chi connectivity index (χ1n) is 2.42. The number of hydrogen-bond acceptors (Lipinski definition) is 3. The van der Waals surface area contributed by atoms with Gasteiger partial charge in [-0.1, -0.05) is 6.92 Å². The molecule has 0 heterocycles. The molecule has 0 aliphatic rings. The molecule has 3 nitrogen and oxygen atoms in total. The second-order valence-corrected chi connectivity index (χ2v) is 1.38. The SMILES string of the molecule is CCC(=O)OC(C)=N. The molecule has 0 unspecified atom stereocenters. The summed E-state index contributed by atoms with van der Waals surface area (Å²) in [7, 11) is 0. The Morgan fingerprint density at radius 3 is 2.38 bits per heavy atom. The van der Waals surface area contributed by atoms with Crippen LogP contribution in [-0.4, -0.2) is 11.9 Å². The van der Waals surface area contributed by atoms with Crippen molar-refractivity contribution < 1.29 is 9.53 Å². The largest absolute Gasteiger partial charge is 0.412 e. The van der Waals surface area contributed by atoms with Crippen molar-refractivity contribution in [2.75, 3.05) is 0 Å². The summed E-state index contributed by atoms with van der Waals surface area (Å²) in [5.41, 5.74) is 0. The summed E-state index contributed by atoms with van der Waals surface area (Å²) in [5.74, 6) is -0.394. The van der Waals surface area contributed by atoms with Crippen LogP contribution >= 0.6 is 0 Å². The van der Waals surface area contributed by atoms with Crippen molar-refractivity contribution in [2.45, 2.75) is 20.3 Å². The van der Waals surface area contributed by atoms with E-state index in [4.69, 9.17) is 5.41 Å². The van der Waals surface area contributed by atoms with Crippen LogP contribution < -0.4 is 0 Å². The van der Waals surface area contributed by atoms with Gasteiger partial charge in [-0.25, -0.2) is 0 Å². The number of rotatable bonds is 1. The number of nitrogens with one attached hydrogen (secondary N) is 1. The molecule has 1 N–H and O–H groups in total. The van der Waals surface area contributed by atoms with E-state index in [0.29, 0.717) is 6.42 Å². The molecule has 0 saturated heterocycles. The lowest BCUT2D eigenvalue weighted by molar-refractivity contribution is -0.135. The zero-order valence-corrected chi connectivity index (χ0v) is 5.02. The highest BCUT2D eigenvalue weighted by Gasteiger charge is 1.96. The summed E-state index contributed by atoms with van der Waals surface area (Å²) in [4.78, 5) is 10.3. The molecular weight excluding hydrogens is 106 g/mol. The fourth-order valence-corrected chi connectivity index (χ4v) is 0.243. The van der Waals surface area contributed by atoms with Crippen LogP contribution in [-0.2, 0) is 9.53 Å². The molecule has 0 aromatic heterocycles. The number of carbonyl (C=O) groups excluding carboxylic acids is 1. The smallest absolute Gasteiger partial charge is 0.311 e. The number of hydrogen-bond donors (Lipinski definition) is 1. The van der Waals surface area contributed by atoms with Gasteiger partial charge in [0.25, 0.3) is 0 Å². The van der Waals surface area contributed by atoms with Crippen LogP contribution in [0.4, 0.5) is 0 Å². The molecule has 0 aromatic carbocycles. The van der Waals surface area contributed by atoms with Crippen molar-refractivity contribution >= 4 is 11.9 Å². The van der Waals surface area contributed by atoms with Crippen LogP contribution in [0, 0.1) is 5.41 Å². The molecule has 3 heteroatoms. The van der Waals surface area contributed by atoms with Gasteiger partial charge < -0.3 is 4.74 Å². The van der Waals surface area contributed by atoms with E-state index in [1.807, 2.05) is 0 Å². The molecule has 0 aromatic rings. The maximum Gasteiger partial charge on any atom is 0.311 e. The highest BCUT2D eigenvalue weighted by molar-refractivity contribution is 5.85. The minimum Gasteiger partial charge on any atom is -0.412 e. The summed E-state index contributed by atoms with van der Waals surface area (Å²) in [6, 6.07) is 0. The lowest BCUT2D eigenvalue weighted by Gasteiger charge is -1.95. The second-order valence-electron chi connectivity index (χ2n) is 1.38. The average Bonchev–Trinajstić information content (AvgIpc) is 1.65. The Morgan fingerprint density at radius 2 is 2.25 bits per heavy atom. The molecule has 0 spiro atoms. The zero-order chi connectivity index (χ0) is 6.57. The molecule has 0 rings (SSSR count). The van der Waals surface area contributed by atoms with Crippen molar-refractivity contribution in [3.63, 3.8) is 0 Å². The van der Waals surface area contributed by atoms with Gasteiger partial charge in [0.1, 0.15) is 0 Å². The van der Waals surface area contributed by atoms with Crippen LogP contribution in [0.2, 0.25) is 0 Å². The van der Waals surface area contributed by atoms with Gasteiger partial charge in [0.05, 0.1) is 0 Å². The molecule has 46 valence electrons. The van der Waals surface area contributed by atoms with Crippen LogP contribution in [0.15, 0.2) is 0 Å². The lowest BCUT2D eigenvalue weighted by atomic mass is 10.5. The topological polar surface area (TPSA) is 50.2 Å². The van der Waals surface area contributed by atoms with Gasteiger partial charge in [-0.2, -0.15) is 0 Å². The summed E-state index contributed by atoms with van der Waals surface area (Å²) < 4.78 is 4.34. The van der Waals surface area contributed by atoms with E-state index >= 15 is 0 Å². The molecule has 8 heavy (non-hydrogen) atoms. The van der Waals surface area contributed by atoms with Gasteiger partial charge in [0, 0.05) is 13.3 Å². The van der Waals surface area contributed by atoms with E-state index in [1.165, 1.54) is 6.92 Å². The fourth-order valence-electron chi connectivity index (χ4n) is 0.243. The molecule has 0 radical (unpaired) electrons. The van der Waals surface area contributed by atoms with Gasteiger partial charge in [-0.15, -0.1) is 0 Å².